The van der Waals surface area contributed by atoms with Crippen molar-refractivity contribution in [1.82, 2.24) is 0 Å². The van der Waals surface area contributed by atoms with Crippen LogP contribution in [0.2, 0.25) is 0 Å². The Morgan fingerprint density at radius 2 is 1.68 bits per heavy atom. The zero-order valence-corrected chi connectivity index (χ0v) is 14.7. The van der Waals surface area contributed by atoms with Crippen molar-refractivity contribution >= 4 is 5.97 Å². The highest BCUT2D eigenvalue weighted by Crippen LogP contribution is 2.38. The van der Waals surface area contributed by atoms with Crippen LogP contribution in [0.15, 0.2) is 42.5 Å². The first-order chi connectivity index (χ1) is 12.1. The lowest BCUT2D eigenvalue weighted by Gasteiger charge is -2.28. The van der Waals surface area contributed by atoms with E-state index < -0.39 is 11.8 Å². The first-order valence-corrected chi connectivity index (χ1v) is 9.21. The van der Waals surface area contributed by atoms with E-state index in [1.165, 1.54) is 56.2 Å². The molecule has 25 heavy (non-hydrogen) atoms. The van der Waals surface area contributed by atoms with Gasteiger partial charge in [0.05, 0.1) is 5.56 Å². The minimum Gasteiger partial charge on any atom is -0.478 e. The van der Waals surface area contributed by atoms with Gasteiger partial charge in [-0.15, -0.1) is 0 Å². The van der Waals surface area contributed by atoms with E-state index in [1.807, 2.05) is 12.1 Å². The lowest BCUT2D eigenvalue weighted by molar-refractivity contribution is 0.0692. The van der Waals surface area contributed by atoms with E-state index in [1.54, 1.807) is 6.07 Å². The fourth-order valence-corrected chi connectivity index (χ4v) is 4.01. The van der Waals surface area contributed by atoms with Crippen LogP contribution >= 0.6 is 0 Å². The number of aromatic carboxylic acids is 1. The molecule has 0 saturated heterocycles. The molecular weight excluding hydrogens is 315 g/mol. The molecule has 3 rings (SSSR count). The Bertz CT molecular complexity index is 728. The number of carbonyl (C=O) groups is 1. The van der Waals surface area contributed by atoms with Gasteiger partial charge in [-0.25, -0.2) is 9.18 Å². The molecule has 1 fully saturated rings. The molecule has 2 aromatic rings. The van der Waals surface area contributed by atoms with Gasteiger partial charge in [0.2, 0.25) is 0 Å². The van der Waals surface area contributed by atoms with Crippen molar-refractivity contribution in [1.29, 1.82) is 0 Å². The summed E-state index contributed by atoms with van der Waals surface area (Å²) in [5, 5.41) is 8.92. The highest BCUT2D eigenvalue weighted by atomic mass is 19.1. The number of carboxylic acids is 1. The van der Waals surface area contributed by atoms with Crippen molar-refractivity contribution in [2.24, 2.45) is 5.92 Å². The number of carboxylic acid groups (broad SMARTS) is 1. The molecule has 1 aliphatic carbocycles. The summed E-state index contributed by atoms with van der Waals surface area (Å²) in [5.41, 5.74) is 2.70. The normalized spacial score (nSPS) is 20.4. The van der Waals surface area contributed by atoms with E-state index >= 15 is 0 Å². The summed E-state index contributed by atoms with van der Waals surface area (Å²) in [5.74, 6) is -0.397. The van der Waals surface area contributed by atoms with Gasteiger partial charge in [0.25, 0.3) is 0 Å². The van der Waals surface area contributed by atoms with Gasteiger partial charge in [-0.3, -0.25) is 0 Å². The minimum atomic E-state index is -1.24. The van der Waals surface area contributed by atoms with Crippen LogP contribution in [0.5, 0.6) is 0 Å². The Morgan fingerprint density at radius 1 is 1.04 bits per heavy atom. The number of rotatable bonds is 5. The SMILES string of the molecule is CCCC1CCC(c2ccc(-c3ccc(C(=O)O)c(F)c3)cc2)CC1. The van der Waals surface area contributed by atoms with Crippen LogP contribution in [0.25, 0.3) is 11.1 Å². The highest BCUT2D eigenvalue weighted by molar-refractivity contribution is 5.88. The summed E-state index contributed by atoms with van der Waals surface area (Å²) in [6, 6.07) is 12.6. The molecule has 0 radical (unpaired) electrons. The molecule has 3 heteroatoms. The van der Waals surface area contributed by atoms with Crippen LogP contribution < -0.4 is 0 Å². The first-order valence-electron chi connectivity index (χ1n) is 9.21. The molecule has 0 heterocycles. The Kier molecular flexibility index (Phi) is 5.52. The van der Waals surface area contributed by atoms with Crippen molar-refractivity contribution < 1.29 is 14.3 Å². The second-order valence-electron chi connectivity index (χ2n) is 7.13. The zero-order chi connectivity index (χ0) is 17.8. The quantitative estimate of drug-likeness (QED) is 0.697. The maximum atomic E-state index is 13.9. The van der Waals surface area contributed by atoms with Gasteiger partial charge in [-0.2, -0.15) is 0 Å². The van der Waals surface area contributed by atoms with Gasteiger partial charge in [0.1, 0.15) is 5.82 Å². The van der Waals surface area contributed by atoms with E-state index in [9.17, 15) is 9.18 Å². The summed E-state index contributed by atoms with van der Waals surface area (Å²) in [7, 11) is 0. The van der Waals surface area contributed by atoms with Gasteiger partial charge < -0.3 is 5.11 Å². The summed E-state index contributed by atoms with van der Waals surface area (Å²) < 4.78 is 13.9. The predicted octanol–water partition coefficient (Wildman–Crippen LogP) is 6.26. The van der Waals surface area contributed by atoms with Crippen molar-refractivity contribution in [2.75, 3.05) is 0 Å². The van der Waals surface area contributed by atoms with Gasteiger partial charge in [0, 0.05) is 0 Å². The molecule has 0 aromatic heterocycles. The van der Waals surface area contributed by atoms with Crippen LogP contribution in [0, 0.1) is 11.7 Å². The highest BCUT2D eigenvalue weighted by Gasteiger charge is 2.21. The van der Waals surface area contributed by atoms with Gasteiger partial charge in [-0.05, 0) is 66.3 Å². The zero-order valence-electron chi connectivity index (χ0n) is 14.7. The second kappa shape index (κ2) is 7.81. The summed E-state index contributed by atoms with van der Waals surface area (Å²) in [6.07, 6.45) is 7.78. The molecule has 1 saturated carbocycles. The van der Waals surface area contributed by atoms with Crippen molar-refractivity contribution in [2.45, 2.75) is 51.4 Å². The maximum Gasteiger partial charge on any atom is 0.338 e. The van der Waals surface area contributed by atoms with Gasteiger partial charge in [0.15, 0.2) is 0 Å². The maximum absolute atomic E-state index is 13.9. The van der Waals surface area contributed by atoms with E-state index in [0.717, 1.165) is 11.5 Å². The Labute approximate surface area is 148 Å². The average Bonchev–Trinajstić information content (AvgIpc) is 2.62. The van der Waals surface area contributed by atoms with Crippen molar-refractivity contribution in [3.63, 3.8) is 0 Å². The third kappa shape index (κ3) is 4.09. The molecule has 0 unspecified atom stereocenters. The minimum absolute atomic E-state index is 0.288. The Balaban J connectivity index is 1.70. The predicted molar refractivity (Wildman–Crippen MR) is 98.4 cm³/mol. The van der Waals surface area contributed by atoms with Gasteiger partial charge >= 0.3 is 5.97 Å². The van der Waals surface area contributed by atoms with Crippen molar-refractivity contribution in [3.8, 4) is 11.1 Å². The molecule has 0 bridgehead atoms. The largest absolute Gasteiger partial charge is 0.478 e. The molecule has 0 aliphatic heterocycles. The van der Waals surface area contributed by atoms with E-state index in [-0.39, 0.29) is 5.56 Å². The molecule has 2 aromatic carbocycles. The fourth-order valence-electron chi connectivity index (χ4n) is 4.01. The second-order valence-corrected chi connectivity index (χ2v) is 7.13. The third-order valence-electron chi connectivity index (χ3n) is 5.46. The van der Waals surface area contributed by atoms with E-state index in [4.69, 9.17) is 5.11 Å². The van der Waals surface area contributed by atoms with Crippen LogP contribution in [-0.4, -0.2) is 11.1 Å². The summed E-state index contributed by atoms with van der Waals surface area (Å²) >= 11 is 0. The monoisotopic (exact) mass is 340 g/mol. The number of hydrogen-bond acceptors (Lipinski definition) is 1. The lowest BCUT2D eigenvalue weighted by atomic mass is 9.77. The van der Waals surface area contributed by atoms with E-state index in [0.29, 0.717) is 11.5 Å². The van der Waals surface area contributed by atoms with Crippen LogP contribution in [0.3, 0.4) is 0 Å². The molecule has 0 spiro atoms. The molecule has 1 aliphatic rings. The van der Waals surface area contributed by atoms with Gasteiger partial charge in [-0.1, -0.05) is 50.1 Å². The van der Waals surface area contributed by atoms with Crippen LogP contribution in [0.1, 0.15) is 67.3 Å². The van der Waals surface area contributed by atoms with Crippen LogP contribution in [-0.2, 0) is 0 Å². The molecule has 0 amide bonds. The fraction of sp³-hybridized carbons (Fsp3) is 0.409. The topological polar surface area (TPSA) is 37.3 Å². The Morgan fingerprint density at radius 3 is 2.24 bits per heavy atom. The average molecular weight is 340 g/mol. The molecule has 0 atom stereocenters. The lowest BCUT2D eigenvalue weighted by Crippen LogP contribution is -2.13. The van der Waals surface area contributed by atoms with E-state index in [2.05, 4.69) is 19.1 Å². The summed E-state index contributed by atoms with van der Waals surface area (Å²) in [6.45, 7) is 2.26. The first kappa shape index (κ1) is 17.7. The Hall–Kier alpha value is -2.16. The molecular formula is C22H25FO2. The molecule has 132 valence electrons. The summed E-state index contributed by atoms with van der Waals surface area (Å²) in [4.78, 5) is 10.9. The molecule has 1 N–H and O–H groups in total. The number of hydrogen-bond donors (Lipinski definition) is 1. The molecule has 2 nitrogen and oxygen atoms in total. The third-order valence-corrected chi connectivity index (χ3v) is 5.46. The smallest absolute Gasteiger partial charge is 0.338 e. The standard InChI is InChI=1S/C22H25FO2/c1-2-3-15-4-6-16(7-5-15)17-8-10-18(11-9-17)19-12-13-20(22(24)25)21(23)14-19/h8-16H,2-7H2,1H3,(H,24,25). The van der Waals surface area contributed by atoms with Crippen LogP contribution in [0.4, 0.5) is 4.39 Å². The number of halogens is 1. The number of benzene rings is 2. The van der Waals surface area contributed by atoms with Crippen molar-refractivity contribution in [3.05, 3.63) is 59.4 Å².